The van der Waals surface area contributed by atoms with Crippen molar-refractivity contribution in [3.05, 3.63) is 65.5 Å². The van der Waals surface area contributed by atoms with Gasteiger partial charge in [-0.05, 0) is 48.9 Å². The molecule has 134 valence electrons. The summed E-state index contributed by atoms with van der Waals surface area (Å²) in [6, 6.07) is 12.2. The lowest BCUT2D eigenvalue weighted by atomic mass is 9.83. The molecular weight excluding hydrogens is 352 g/mol. The van der Waals surface area contributed by atoms with Crippen molar-refractivity contribution in [3.63, 3.8) is 0 Å². The molecule has 2 heterocycles. The van der Waals surface area contributed by atoms with Crippen molar-refractivity contribution in [2.75, 3.05) is 0 Å². The molecule has 1 aliphatic rings. The van der Waals surface area contributed by atoms with Gasteiger partial charge in [-0.2, -0.15) is 9.78 Å². The first-order valence-electron chi connectivity index (χ1n) is 8.28. The maximum absolute atomic E-state index is 11.9. The molecule has 8 heteroatoms. The number of pyridine rings is 1. The van der Waals surface area contributed by atoms with Crippen LogP contribution in [0.25, 0.3) is 5.82 Å². The molecular formula is C18H18N4O3S. The number of fused-ring (bicyclic) bond motifs is 1. The topological polar surface area (TPSA) is 111 Å². The molecule has 1 atom stereocenters. The third-order valence-electron chi connectivity index (χ3n) is 4.75. The first-order chi connectivity index (χ1) is 12.4. The average molecular weight is 370 g/mol. The minimum absolute atomic E-state index is 0.0516. The van der Waals surface area contributed by atoms with E-state index in [0.29, 0.717) is 24.2 Å². The second-order valence-electron chi connectivity index (χ2n) is 6.37. The van der Waals surface area contributed by atoms with Crippen LogP contribution >= 0.6 is 0 Å². The summed E-state index contributed by atoms with van der Waals surface area (Å²) in [5.41, 5.74) is 2.24. The number of hydrogen-bond acceptors (Lipinski definition) is 5. The maximum Gasteiger partial charge on any atom is 0.238 e. The van der Waals surface area contributed by atoms with E-state index in [1.165, 1.54) is 10.7 Å². The average Bonchev–Trinajstić information content (AvgIpc) is 2.98. The smallest absolute Gasteiger partial charge is 0.238 e. The fraction of sp³-hybridized carbons (Fsp3) is 0.222. The van der Waals surface area contributed by atoms with Crippen LogP contribution in [0.5, 0.6) is 5.88 Å². The van der Waals surface area contributed by atoms with E-state index in [4.69, 9.17) is 5.14 Å². The lowest BCUT2D eigenvalue weighted by Gasteiger charge is -2.23. The Morgan fingerprint density at radius 3 is 2.65 bits per heavy atom. The molecule has 7 nitrogen and oxygen atoms in total. The van der Waals surface area contributed by atoms with Crippen LogP contribution in [0.4, 0.5) is 0 Å². The van der Waals surface area contributed by atoms with Gasteiger partial charge in [0, 0.05) is 11.8 Å². The van der Waals surface area contributed by atoms with Gasteiger partial charge in [0.2, 0.25) is 15.9 Å². The molecule has 4 rings (SSSR count). The highest BCUT2D eigenvalue weighted by molar-refractivity contribution is 7.89. The Labute approximate surface area is 151 Å². The summed E-state index contributed by atoms with van der Waals surface area (Å²) in [6.45, 7) is 0. The number of hydrogen-bond donors (Lipinski definition) is 2. The Morgan fingerprint density at radius 2 is 1.92 bits per heavy atom. The van der Waals surface area contributed by atoms with Gasteiger partial charge in [-0.25, -0.2) is 18.5 Å². The number of aromatic hydroxyl groups is 1. The molecule has 0 bridgehead atoms. The number of sulfonamides is 1. The van der Waals surface area contributed by atoms with E-state index in [2.05, 4.69) is 10.1 Å². The predicted octanol–water partition coefficient (Wildman–Crippen LogP) is 1.89. The molecule has 1 aromatic carbocycles. The van der Waals surface area contributed by atoms with E-state index in [1.807, 2.05) is 6.07 Å². The molecule has 0 saturated carbocycles. The Kier molecular flexibility index (Phi) is 4.01. The zero-order valence-electron chi connectivity index (χ0n) is 13.9. The van der Waals surface area contributed by atoms with Crippen molar-refractivity contribution < 1.29 is 13.5 Å². The van der Waals surface area contributed by atoms with Crippen LogP contribution < -0.4 is 5.14 Å². The summed E-state index contributed by atoms with van der Waals surface area (Å²) in [7, 11) is -3.80. The third kappa shape index (κ3) is 2.87. The van der Waals surface area contributed by atoms with Crippen LogP contribution in [-0.2, 0) is 22.9 Å². The first kappa shape index (κ1) is 16.7. The number of aromatic nitrogens is 3. The maximum atomic E-state index is 11.9. The molecule has 1 unspecified atom stereocenters. The molecule has 2 aromatic heterocycles. The quantitative estimate of drug-likeness (QED) is 0.731. The van der Waals surface area contributed by atoms with Crippen molar-refractivity contribution in [2.24, 2.45) is 5.14 Å². The summed E-state index contributed by atoms with van der Waals surface area (Å²) in [5.74, 6) is 0.543. The van der Waals surface area contributed by atoms with E-state index in [-0.39, 0.29) is 16.7 Å². The number of aryl methyl sites for hydroxylation is 1. The molecule has 0 spiro atoms. The van der Waals surface area contributed by atoms with Gasteiger partial charge in [0.25, 0.3) is 0 Å². The lowest BCUT2D eigenvalue weighted by molar-refractivity contribution is 0.423. The number of nitrogens with two attached hydrogens (primary N) is 1. The second kappa shape index (κ2) is 6.22. The van der Waals surface area contributed by atoms with Crippen molar-refractivity contribution in [3.8, 4) is 11.7 Å². The largest absolute Gasteiger partial charge is 0.493 e. The predicted molar refractivity (Wildman–Crippen MR) is 95.6 cm³/mol. The molecule has 3 aromatic rings. The van der Waals surface area contributed by atoms with Crippen LogP contribution in [-0.4, -0.2) is 28.3 Å². The number of primary sulfonamides is 1. The first-order valence-corrected chi connectivity index (χ1v) is 9.82. The molecule has 0 fully saturated rings. The molecule has 26 heavy (non-hydrogen) atoms. The van der Waals surface area contributed by atoms with Gasteiger partial charge < -0.3 is 5.11 Å². The number of nitrogens with zero attached hydrogens (tertiary/aromatic N) is 3. The van der Waals surface area contributed by atoms with Crippen LogP contribution in [0.1, 0.15) is 29.2 Å². The lowest BCUT2D eigenvalue weighted by Crippen LogP contribution is -2.19. The number of benzene rings is 1. The highest BCUT2D eigenvalue weighted by Crippen LogP contribution is 2.39. The van der Waals surface area contributed by atoms with Crippen LogP contribution in [0.3, 0.4) is 0 Å². The molecule has 3 N–H and O–H groups in total. The summed E-state index contributed by atoms with van der Waals surface area (Å²) < 4.78 is 25.2. The molecule has 0 amide bonds. The monoisotopic (exact) mass is 370 g/mol. The number of rotatable bonds is 3. The molecule has 1 aliphatic carbocycles. The van der Waals surface area contributed by atoms with Crippen molar-refractivity contribution in [1.82, 2.24) is 14.8 Å². The molecule has 0 saturated heterocycles. The Morgan fingerprint density at radius 1 is 1.15 bits per heavy atom. The van der Waals surface area contributed by atoms with E-state index in [1.54, 1.807) is 36.5 Å². The summed E-state index contributed by atoms with van der Waals surface area (Å²) >= 11 is 0. The van der Waals surface area contributed by atoms with Gasteiger partial charge in [0.1, 0.15) is 0 Å². The zero-order valence-corrected chi connectivity index (χ0v) is 14.7. The third-order valence-corrected chi connectivity index (χ3v) is 5.74. The van der Waals surface area contributed by atoms with Gasteiger partial charge >= 0.3 is 0 Å². The minimum atomic E-state index is -3.80. The summed E-state index contributed by atoms with van der Waals surface area (Å²) in [6.07, 6.45) is 3.52. The zero-order chi connectivity index (χ0) is 18.3. The van der Waals surface area contributed by atoms with E-state index >= 15 is 0 Å². The van der Waals surface area contributed by atoms with Gasteiger partial charge in [0.15, 0.2) is 5.82 Å². The van der Waals surface area contributed by atoms with Gasteiger partial charge in [-0.15, -0.1) is 0 Å². The SMILES string of the molecule is NS(=O)(=O)c1ccccc1C1CCc2nn(-c3ccccn3)c(O)c2C1. The standard InChI is InChI=1S/C18H18N4O3S/c19-26(24,25)16-6-2-1-5-13(16)12-8-9-15-14(11-12)18(23)22(21-15)17-7-3-4-10-20-17/h1-7,10,12,23H,8-9,11H2,(H2,19,24,25). The Balaban J connectivity index is 1.73. The van der Waals surface area contributed by atoms with Crippen LogP contribution in [0, 0.1) is 0 Å². The van der Waals surface area contributed by atoms with E-state index < -0.39 is 10.0 Å². The van der Waals surface area contributed by atoms with Gasteiger partial charge in [-0.3, -0.25) is 0 Å². The highest BCUT2D eigenvalue weighted by atomic mass is 32.2. The summed E-state index contributed by atoms with van der Waals surface area (Å²) in [5, 5.41) is 20.5. The fourth-order valence-corrected chi connectivity index (χ4v) is 4.37. The minimum Gasteiger partial charge on any atom is -0.493 e. The van der Waals surface area contributed by atoms with E-state index in [9.17, 15) is 13.5 Å². The second-order valence-corrected chi connectivity index (χ2v) is 7.90. The van der Waals surface area contributed by atoms with Crippen molar-refractivity contribution in [2.45, 2.75) is 30.1 Å². The van der Waals surface area contributed by atoms with Crippen molar-refractivity contribution >= 4 is 10.0 Å². The Bertz CT molecular complexity index is 1060. The molecule has 0 radical (unpaired) electrons. The highest BCUT2D eigenvalue weighted by Gasteiger charge is 2.30. The molecule has 0 aliphatic heterocycles. The normalized spacial score (nSPS) is 17.0. The van der Waals surface area contributed by atoms with Crippen LogP contribution in [0.2, 0.25) is 0 Å². The van der Waals surface area contributed by atoms with E-state index in [0.717, 1.165) is 17.7 Å². The van der Waals surface area contributed by atoms with Gasteiger partial charge in [-0.1, -0.05) is 24.3 Å². The van der Waals surface area contributed by atoms with Crippen LogP contribution in [0.15, 0.2) is 53.6 Å². The fourth-order valence-electron chi connectivity index (χ4n) is 3.54. The Hall–Kier alpha value is -2.71. The summed E-state index contributed by atoms with van der Waals surface area (Å²) in [4.78, 5) is 4.37. The van der Waals surface area contributed by atoms with Gasteiger partial charge in [0.05, 0.1) is 10.6 Å². The van der Waals surface area contributed by atoms with Crippen molar-refractivity contribution in [1.29, 1.82) is 0 Å².